The predicted molar refractivity (Wildman–Crippen MR) is 92.3 cm³/mol. The molecule has 1 aliphatic carbocycles. The summed E-state index contributed by atoms with van der Waals surface area (Å²) in [6.45, 7) is 1.70. The summed E-state index contributed by atoms with van der Waals surface area (Å²) < 4.78 is 5.19. The van der Waals surface area contributed by atoms with Crippen LogP contribution < -0.4 is 4.74 Å². The van der Waals surface area contributed by atoms with Crippen LogP contribution in [0.2, 0.25) is 0 Å². The van der Waals surface area contributed by atoms with Crippen molar-refractivity contribution >= 4 is 28.0 Å². The molecule has 0 spiro atoms. The SMILES string of the molecule is COc1ccc(C2=C(C)C(=O)C(=O)c3c2[nH]c2ccccc32)cc1. The molecule has 0 radical (unpaired) electrons. The number of carbonyl (C=O) groups is 2. The number of nitrogens with one attached hydrogen (secondary N) is 1. The summed E-state index contributed by atoms with van der Waals surface area (Å²) in [5, 5.41) is 0.782. The first kappa shape index (κ1) is 14.5. The number of hydrogen-bond acceptors (Lipinski definition) is 3. The zero-order valence-corrected chi connectivity index (χ0v) is 13.3. The van der Waals surface area contributed by atoms with Crippen LogP contribution in [-0.2, 0) is 4.79 Å². The van der Waals surface area contributed by atoms with E-state index in [1.807, 2.05) is 48.5 Å². The number of fused-ring (bicyclic) bond motifs is 3. The second kappa shape index (κ2) is 5.20. The van der Waals surface area contributed by atoms with Crippen molar-refractivity contribution in [3.63, 3.8) is 0 Å². The molecule has 0 atom stereocenters. The van der Waals surface area contributed by atoms with Crippen molar-refractivity contribution in [3.8, 4) is 5.75 Å². The van der Waals surface area contributed by atoms with E-state index in [-0.39, 0.29) is 0 Å². The average Bonchev–Trinajstić information content (AvgIpc) is 2.99. The Labute approximate surface area is 138 Å². The number of ether oxygens (including phenoxy) is 1. The molecular formula is C20H15NO3. The summed E-state index contributed by atoms with van der Waals surface area (Å²) >= 11 is 0. The topological polar surface area (TPSA) is 59.2 Å². The van der Waals surface area contributed by atoms with Gasteiger partial charge in [0.2, 0.25) is 11.6 Å². The minimum Gasteiger partial charge on any atom is -0.497 e. The lowest BCUT2D eigenvalue weighted by Gasteiger charge is -2.17. The van der Waals surface area contributed by atoms with Gasteiger partial charge in [-0.3, -0.25) is 9.59 Å². The number of para-hydroxylation sites is 1. The maximum absolute atomic E-state index is 12.6. The van der Waals surface area contributed by atoms with Gasteiger partial charge in [0, 0.05) is 22.0 Å². The first-order valence-corrected chi connectivity index (χ1v) is 7.67. The molecule has 4 rings (SSSR count). The number of benzene rings is 2. The van der Waals surface area contributed by atoms with E-state index < -0.39 is 11.6 Å². The zero-order valence-electron chi connectivity index (χ0n) is 13.3. The molecule has 2 aromatic carbocycles. The first-order valence-electron chi connectivity index (χ1n) is 7.67. The van der Waals surface area contributed by atoms with Gasteiger partial charge in [-0.05, 0) is 30.7 Å². The third-order valence-electron chi connectivity index (χ3n) is 4.48. The van der Waals surface area contributed by atoms with Crippen molar-refractivity contribution in [3.05, 3.63) is 70.9 Å². The van der Waals surface area contributed by atoms with Crippen LogP contribution in [0.1, 0.15) is 28.5 Å². The van der Waals surface area contributed by atoms with Gasteiger partial charge in [-0.15, -0.1) is 0 Å². The lowest BCUT2D eigenvalue weighted by atomic mass is 9.84. The summed E-state index contributed by atoms with van der Waals surface area (Å²) in [6.07, 6.45) is 0. The highest BCUT2D eigenvalue weighted by Gasteiger charge is 2.34. The fraction of sp³-hybridized carbons (Fsp3) is 0.100. The lowest BCUT2D eigenvalue weighted by molar-refractivity contribution is -0.111. The second-order valence-electron chi connectivity index (χ2n) is 5.81. The number of methoxy groups -OCH3 is 1. The zero-order chi connectivity index (χ0) is 16.8. The highest BCUT2D eigenvalue weighted by atomic mass is 16.5. The summed E-state index contributed by atoms with van der Waals surface area (Å²) in [5.41, 5.74) is 4.14. The molecule has 118 valence electrons. The monoisotopic (exact) mass is 317 g/mol. The molecule has 0 saturated heterocycles. The average molecular weight is 317 g/mol. The Hall–Kier alpha value is -3.14. The Morgan fingerprint density at radius 2 is 1.62 bits per heavy atom. The fourth-order valence-corrected chi connectivity index (χ4v) is 3.27. The molecule has 0 fully saturated rings. The minimum atomic E-state index is -0.447. The molecule has 0 aliphatic heterocycles. The summed E-state index contributed by atoms with van der Waals surface area (Å²) in [4.78, 5) is 28.4. The normalized spacial score (nSPS) is 14.2. The minimum absolute atomic E-state index is 0.446. The van der Waals surface area contributed by atoms with Gasteiger partial charge in [0.1, 0.15) is 5.75 Å². The highest BCUT2D eigenvalue weighted by Crippen LogP contribution is 2.38. The van der Waals surface area contributed by atoms with Crippen LogP contribution in [-0.4, -0.2) is 23.7 Å². The van der Waals surface area contributed by atoms with Gasteiger partial charge in [0.15, 0.2) is 0 Å². The molecule has 0 amide bonds. The third kappa shape index (κ3) is 1.93. The van der Waals surface area contributed by atoms with Crippen molar-refractivity contribution in [1.29, 1.82) is 0 Å². The standard InChI is InChI=1S/C20H15NO3/c1-11-16(12-7-9-13(24-2)10-8-12)18-17(20(23)19(11)22)14-5-3-4-6-15(14)21-18/h3-10,21H,1-2H3. The van der Waals surface area contributed by atoms with E-state index in [1.165, 1.54) is 0 Å². The van der Waals surface area contributed by atoms with Crippen LogP contribution in [0.4, 0.5) is 0 Å². The number of rotatable bonds is 2. The van der Waals surface area contributed by atoms with Crippen molar-refractivity contribution < 1.29 is 14.3 Å². The molecule has 1 aliphatic rings. The van der Waals surface area contributed by atoms with Crippen LogP contribution in [0.15, 0.2) is 54.1 Å². The molecule has 4 heteroatoms. The Kier molecular flexibility index (Phi) is 3.13. The number of aromatic nitrogens is 1. The smallest absolute Gasteiger partial charge is 0.235 e. The van der Waals surface area contributed by atoms with E-state index in [2.05, 4.69) is 4.98 Å². The number of aromatic amines is 1. The van der Waals surface area contributed by atoms with Crippen molar-refractivity contribution in [1.82, 2.24) is 4.98 Å². The van der Waals surface area contributed by atoms with E-state index in [1.54, 1.807) is 14.0 Å². The number of carbonyl (C=O) groups excluding carboxylic acids is 2. The number of ketones is 2. The fourth-order valence-electron chi connectivity index (χ4n) is 3.27. The molecule has 0 saturated carbocycles. The summed E-state index contributed by atoms with van der Waals surface area (Å²) in [6, 6.07) is 15.0. The largest absolute Gasteiger partial charge is 0.497 e. The van der Waals surface area contributed by atoms with E-state index in [4.69, 9.17) is 4.74 Å². The van der Waals surface area contributed by atoms with Crippen LogP contribution in [0, 0.1) is 0 Å². The van der Waals surface area contributed by atoms with Gasteiger partial charge in [-0.25, -0.2) is 0 Å². The predicted octanol–water partition coefficient (Wildman–Crippen LogP) is 3.76. The van der Waals surface area contributed by atoms with Crippen molar-refractivity contribution in [2.75, 3.05) is 7.11 Å². The Morgan fingerprint density at radius 1 is 0.917 bits per heavy atom. The molecule has 4 nitrogen and oxygen atoms in total. The lowest BCUT2D eigenvalue weighted by Crippen LogP contribution is -2.22. The van der Waals surface area contributed by atoms with E-state index >= 15 is 0 Å². The van der Waals surface area contributed by atoms with Crippen LogP contribution in [0.3, 0.4) is 0 Å². The molecule has 3 aromatic rings. The van der Waals surface area contributed by atoms with Crippen LogP contribution in [0.5, 0.6) is 5.75 Å². The van der Waals surface area contributed by atoms with Gasteiger partial charge in [0.25, 0.3) is 0 Å². The maximum atomic E-state index is 12.6. The molecule has 0 unspecified atom stereocenters. The van der Waals surface area contributed by atoms with Gasteiger partial charge < -0.3 is 9.72 Å². The maximum Gasteiger partial charge on any atom is 0.235 e. The van der Waals surface area contributed by atoms with Crippen LogP contribution in [0.25, 0.3) is 16.5 Å². The van der Waals surface area contributed by atoms with Crippen molar-refractivity contribution in [2.45, 2.75) is 6.92 Å². The second-order valence-corrected chi connectivity index (χ2v) is 5.81. The molecule has 0 bridgehead atoms. The number of allylic oxidation sites excluding steroid dienone is 1. The first-order chi connectivity index (χ1) is 11.6. The molecule has 1 heterocycles. The van der Waals surface area contributed by atoms with Gasteiger partial charge in [0.05, 0.1) is 18.4 Å². The van der Waals surface area contributed by atoms with E-state index in [9.17, 15) is 9.59 Å². The van der Waals surface area contributed by atoms with Gasteiger partial charge >= 0.3 is 0 Å². The molecule has 1 N–H and O–H groups in total. The van der Waals surface area contributed by atoms with Gasteiger partial charge in [-0.2, -0.15) is 0 Å². The Balaban J connectivity index is 2.02. The molecule has 1 aromatic heterocycles. The molecule has 24 heavy (non-hydrogen) atoms. The highest BCUT2D eigenvalue weighted by molar-refractivity contribution is 6.54. The number of H-pyrrole nitrogens is 1. The quantitative estimate of drug-likeness (QED) is 0.732. The number of Topliss-reactive ketones (excluding diaryl/α,β-unsaturated/α-hetero) is 2. The summed E-state index contributed by atoms with van der Waals surface area (Å²) in [7, 11) is 1.61. The Morgan fingerprint density at radius 3 is 2.33 bits per heavy atom. The van der Waals surface area contributed by atoms with Gasteiger partial charge in [-0.1, -0.05) is 30.3 Å². The van der Waals surface area contributed by atoms with E-state index in [0.717, 1.165) is 27.8 Å². The number of hydrogen-bond donors (Lipinski definition) is 1. The summed E-state index contributed by atoms with van der Waals surface area (Å²) in [5.74, 6) is -0.151. The Bertz CT molecular complexity index is 1020. The van der Waals surface area contributed by atoms with E-state index in [0.29, 0.717) is 16.8 Å². The van der Waals surface area contributed by atoms with Crippen molar-refractivity contribution in [2.24, 2.45) is 0 Å². The van der Waals surface area contributed by atoms with Crippen LogP contribution >= 0.6 is 0 Å². The molecular weight excluding hydrogens is 302 g/mol. The third-order valence-corrected chi connectivity index (χ3v) is 4.48.